The van der Waals surface area contributed by atoms with Crippen LogP contribution in [0.4, 0.5) is 34.4 Å². The van der Waals surface area contributed by atoms with Gasteiger partial charge in [0.2, 0.25) is 5.95 Å². The van der Waals surface area contributed by atoms with Gasteiger partial charge >= 0.3 is 0 Å². The van der Waals surface area contributed by atoms with Gasteiger partial charge < -0.3 is 25.2 Å². The third-order valence-corrected chi connectivity index (χ3v) is 7.05. The van der Waals surface area contributed by atoms with Crippen LogP contribution in [-0.2, 0) is 16.1 Å². The molecule has 6 rings (SSSR count). The van der Waals surface area contributed by atoms with Crippen LogP contribution in [0.2, 0.25) is 0 Å². The summed E-state index contributed by atoms with van der Waals surface area (Å²) in [7, 11) is 0. The number of ether oxygens (including phenoxy) is 1. The van der Waals surface area contributed by atoms with E-state index in [4.69, 9.17) is 4.74 Å². The first kappa shape index (κ1) is 24.6. The molecule has 2 aliphatic heterocycles. The van der Waals surface area contributed by atoms with Crippen molar-refractivity contribution in [3.8, 4) is 0 Å². The Kier molecular flexibility index (Phi) is 6.45. The van der Waals surface area contributed by atoms with Crippen LogP contribution >= 0.6 is 0 Å². The molecule has 2 N–H and O–H groups in total. The van der Waals surface area contributed by atoms with E-state index in [1.54, 1.807) is 21.7 Å². The van der Waals surface area contributed by atoms with Crippen molar-refractivity contribution in [2.45, 2.75) is 13.5 Å². The molecule has 0 unspecified atom stereocenters. The van der Waals surface area contributed by atoms with Crippen LogP contribution in [-0.4, -0.2) is 53.3 Å². The summed E-state index contributed by atoms with van der Waals surface area (Å²) in [6, 6.07) is 15.4. The van der Waals surface area contributed by atoms with Gasteiger partial charge in [0.15, 0.2) is 0 Å². The second kappa shape index (κ2) is 10.2. The number of aromatic nitrogens is 3. The Labute approximate surface area is 225 Å². The number of hydrogen-bond acceptors (Lipinski definition) is 8. The zero-order chi connectivity index (χ0) is 26.9. The molecule has 10 nitrogen and oxygen atoms in total. The van der Waals surface area contributed by atoms with E-state index in [0.29, 0.717) is 51.0 Å². The second-order valence-corrected chi connectivity index (χ2v) is 9.48. The van der Waals surface area contributed by atoms with Gasteiger partial charge in [-0.15, -0.1) is 0 Å². The van der Waals surface area contributed by atoms with Crippen molar-refractivity contribution in [2.24, 2.45) is 0 Å². The average molecular weight is 524 g/mol. The van der Waals surface area contributed by atoms with Crippen LogP contribution in [0.25, 0.3) is 11.0 Å². The topological polar surface area (TPSA) is 105 Å². The lowest BCUT2D eigenvalue weighted by Crippen LogP contribution is -2.42. The fraction of sp³-hybridized carbons (Fsp3) is 0.241. The molecule has 4 bridgehead atoms. The number of hydrogen-bond donors (Lipinski definition) is 2. The van der Waals surface area contributed by atoms with Crippen LogP contribution in [0.15, 0.2) is 72.2 Å². The monoisotopic (exact) mass is 523 g/mol. The molecule has 2 aliphatic rings. The van der Waals surface area contributed by atoms with E-state index in [0.717, 1.165) is 39.4 Å². The fourth-order valence-electron chi connectivity index (χ4n) is 5.21. The lowest BCUT2D eigenvalue weighted by molar-refractivity contribution is -0.114. The van der Waals surface area contributed by atoms with Gasteiger partial charge in [-0.05, 0) is 48.9 Å². The number of nitrogens with one attached hydrogen (secondary N) is 2. The van der Waals surface area contributed by atoms with Gasteiger partial charge in [-0.1, -0.05) is 18.7 Å². The summed E-state index contributed by atoms with van der Waals surface area (Å²) in [4.78, 5) is 38.3. The third-order valence-electron chi connectivity index (χ3n) is 7.05. The molecule has 1 amide bonds. The Hall–Kier alpha value is -4.70. The molecular formula is C29H29N7O3. The zero-order valence-corrected chi connectivity index (χ0v) is 21.7. The van der Waals surface area contributed by atoms with Crippen LogP contribution in [0, 0.1) is 6.92 Å². The highest BCUT2D eigenvalue weighted by molar-refractivity contribution is 6.05. The molecule has 39 heavy (non-hydrogen) atoms. The molecule has 0 fully saturated rings. The highest BCUT2D eigenvalue weighted by Gasteiger charge is 2.29. The summed E-state index contributed by atoms with van der Waals surface area (Å²) in [5, 5.41) is 7.60. The smallest absolute Gasteiger partial charge is 0.252 e. The SMILES string of the molecule is C=CC(=O)N1CCN(c2ccc3cc2NCCOCCn2c(=O)ccc4cnc(nc42)N3)c2cccc(C)c21. The lowest BCUT2D eigenvalue weighted by Gasteiger charge is -2.39. The van der Waals surface area contributed by atoms with E-state index < -0.39 is 0 Å². The van der Waals surface area contributed by atoms with Gasteiger partial charge in [0.05, 0.1) is 42.5 Å². The van der Waals surface area contributed by atoms with E-state index in [-0.39, 0.29) is 11.5 Å². The van der Waals surface area contributed by atoms with Crippen LogP contribution in [0.1, 0.15) is 5.56 Å². The molecule has 0 spiro atoms. The molecule has 4 aromatic rings. The Balaban J connectivity index is 1.41. The molecule has 0 aliphatic carbocycles. The first-order valence-corrected chi connectivity index (χ1v) is 12.9. The third kappa shape index (κ3) is 4.59. The molecule has 4 heterocycles. The summed E-state index contributed by atoms with van der Waals surface area (Å²) in [5.74, 6) is 0.290. The predicted molar refractivity (Wildman–Crippen MR) is 154 cm³/mol. The molecule has 198 valence electrons. The maximum Gasteiger partial charge on any atom is 0.252 e. The van der Waals surface area contributed by atoms with E-state index in [1.807, 2.05) is 43.3 Å². The van der Waals surface area contributed by atoms with E-state index in [1.165, 1.54) is 12.1 Å². The first-order valence-electron chi connectivity index (χ1n) is 12.9. The maximum atomic E-state index is 12.6. The number of carbonyl (C=O) groups is 1. The van der Waals surface area contributed by atoms with Gasteiger partial charge in [0.1, 0.15) is 5.65 Å². The van der Waals surface area contributed by atoms with Crippen molar-refractivity contribution in [3.05, 3.63) is 83.3 Å². The van der Waals surface area contributed by atoms with Crippen LogP contribution < -0.4 is 26.0 Å². The minimum atomic E-state index is -0.127. The number of anilines is 6. The number of pyridine rings is 1. The number of nitrogens with zero attached hydrogens (tertiary/aromatic N) is 5. The number of carbonyl (C=O) groups excluding carboxylic acids is 1. The number of amides is 1. The molecule has 2 aromatic heterocycles. The van der Waals surface area contributed by atoms with Crippen molar-refractivity contribution in [2.75, 3.05) is 53.3 Å². The molecule has 0 atom stereocenters. The summed E-state index contributed by atoms with van der Waals surface area (Å²) < 4.78 is 7.49. The van der Waals surface area contributed by atoms with Gasteiger partial charge in [-0.2, -0.15) is 4.98 Å². The first-order chi connectivity index (χ1) is 19.0. The van der Waals surface area contributed by atoms with Crippen molar-refractivity contribution in [3.63, 3.8) is 0 Å². The minimum absolute atomic E-state index is 0.109. The Morgan fingerprint density at radius 1 is 1.08 bits per heavy atom. The number of fused-ring (bicyclic) bond motifs is 4. The van der Waals surface area contributed by atoms with Crippen molar-refractivity contribution in [1.29, 1.82) is 0 Å². The molecular weight excluding hydrogens is 494 g/mol. The van der Waals surface area contributed by atoms with Gasteiger partial charge in [0.25, 0.3) is 11.5 Å². The number of para-hydroxylation sites is 1. The van der Waals surface area contributed by atoms with Crippen LogP contribution in [0.5, 0.6) is 0 Å². The highest BCUT2D eigenvalue weighted by Crippen LogP contribution is 2.43. The predicted octanol–water partition coefficient (Wildman–Crippen LogP) is 3.96. The quantitative estimate of drug-likeness (QED) is 0.381. The van der Waals surface area contributed by atoms with Gasteiger partial charge in [0, 0.05) is 43.0 Å². The van der Waals surface area contributed by atoms with Gasteiger partial charge in [-0.3, -0.25) is 14.2 Å². The normalized spacial score (nSPS) is 15.2. The van der Waals surface area contributed by atoms with Crippen LogP contribution in [0.3, 0.4) is 0 Å². The molecule has 0 saturated carbocycles. The zero-order valence-electron chi connectivity index (χ0n) is 21.7. The number of aryl methyl sites for hydroxylation is 1. The minimum Gasteiger partial charge on any atom is -0.381 e. The summed E-state index contributed by atoms with van der Waals surface area (Å²) >= 11 is 0. The molecule has 2 aromatic carbocycles. The fourth-order valence-corrected chi connectivity index (χ4v) is 5.21. The lowest BCUT2D eigenvalue weighted by atomic mass is 10.1. The molecule has 0 radical (unpaired) electrons. The summed E-state index contributed by atoms with van der Waals surface area (Å²) in [6.45, 7) is 8.69. The highest BCUT2D eigenvalue weighted by atomic mass is 16.5. The Bertz CT molecular complexity index is 1650. The maximum absolute atomic E-state index is 12.6. The summed E-state index contributed by atoms with van der Waals surface area (Å²) in [6.07, 6.45) is 3.08. The Morgan fingerprint density at radius 2 is 1.97 bits per heavy atom. The van der Waals surface area contributed by atoms with Crippen molar-refractivity contribution < 1.29 is 9.53 Å². The molecule has 10 heteroatoms. The second-order valence-electron chi connectivity index (χ2n) is 9.48. The van der Waals surface area contributed by atoms with E-state index in [9.17, 15) is 9.59 Å². The van der Waals surface area contributed by atoms with Crippen molar-refractivity contribution >= 4 is 51.3 Å². The number of rotatable bonds is 2. The largest absolute Gasteiger partial charge is 0.381 e. The summed E-state index contributed by atoms with van der Waals surface area (Å²) in [5.41, 5.74) is 6.01. The van der Waals surface area contributed by atoms with Gasteiger partial charge in [-0.25, -0.2) is 4.98 Å². The van der Waals surface area contributed by atoms with Crippen molar-refractivity contribution in [1.82, 2.24) is 14.5 Å². The van der Waals surface area contributed by atoms with E-state index >= 15 is 0 Å². The Morgan fingerprint density at radius 3 is 2.85 bits per heavy atom. The average Bonchev–Trinajstić information content (AvgIpc) is 2.95. The number of benzene rings is 2. The molecule has 0 saturated heterocycles. The van der Waals surface area contributed by atoms with E-state index in [2.05, 4.69) is 32.1 Å². The standard InChI is InChI=1S/C29H29N7O3/c1-3-25(37)35-13-12-34(24-6-4-5-19(2)27(24)35)23-9-8-21-17-22(23)30-11-15-39-16-14-36-26(38)10-7-20-18-31-29(32-21)33-28(20)36/h3-10,17-18,30H,1,11-16H2,2H3,(H,31,32,33).